The van der Waals surface area contributed by atoms with Gasteiger partial charge in [-0.05, 0) is 31.0 Å². The third-order valence-corrected chi connectivity index (χ3v) is 3.69. The molecule has 0 bridgehead atoms. The van der Waals surface area contributed by atoms with E-state index in [9.17, 15) is 4.79 Å². The molecule has 4 N–H and O–H groups in total. The van der Waals surface area contributed by atoms with Crippen molar-refractivity contribution in [1.82, 2.24) is 10.3 Å². The molecule has 3 rings (SSSR count). The van der Waals surface area contributed by atoms with Gasteiger partial charge in [-0.1, -0.05) is 0 Å². The van der Waals surface area contributed by atoms with E-state index in [0.29, 0.717) is 23.7 Å². The van der Waals surface area contributed by atoms with Crippen LogP contribution in [-0.2, 0) is 6.42 Å². The fraction of sp³-hybridized carbons (Fsp3) is 0.286. The molecule has 0 saturated heterocycles. The van der Waals surface area contributed by atoms with E-state index in [0.717, 1.165) is 28.5 Å². The second-order valence-electron chi connectivity index (χ2n) is 4.76. The average Bonchev–Trinajstić information content (AvgIpc) is 2.85. The summed E-state index contributed by atoms with van der Waals surface area (Å²) < 4.78 is 5.41. The summed E-state index contributed by atoms with van der Waals surface area (Å²) in [5.41, 5.74) is 4.04. The Morgan fingerprint density at radius 2 is 2.25 bits per heavy atom. The van der Waals surface area contributed by atoms with E-state index in [4.69, 9.17) is 10.6 Å². The summed E-state index contributed by atoms with van der Waals surface area (Å²) in [4.78, 5) is 15.1. The molecule has 0 unspecified atom stereocenters. The van der Waals surface area contributed by atoms with E-state index < -0.39 is 0 Å². The fourth-order valence-electron chi connectivity index (χ4n) is 2.76. The minimum Gasteiger partial charge on any atom is -0.496 e. The molecule has 104 valence electrons. The molecule has 1 amide bonds. The summed E-state index contributed by atoms with van der Waals surface area (Å²) in [6, 6.07) is 3.76. The summed E-state index contributed by atoms with van der Waals surface area (Å²) in [5.74, 6) is 6.06. The number of fused-ring (bicyclic) bond motifs is 3. The Hall–Kier alpha value is -2.50. The van der Waals surface area contributed by atoms with Gasteiger partial charge in [-0.3, -0.25) is 4.79 Å². The van der Waals surface area contributed by atoms with Gasteiger partial charge in [0.1, 0.15) is 11.4 Å². The number of hydrazone groups is 1. The van der Waals surface area contributed by atoms with Crippen molar-refractivity contribution in [3.63, 3.8) is 0 Å². The third-order valence-electron chi connectivity index (χ3n) is 3.69. The first-order valence-corrected chi connectivity index (χ1v) is 6.42. The van der Waals surface area contributed by atoms with Crippen LogP contribution >= 0.6 is 0 Å². The molecule has 0 saturated carbocycles. The number of aromatic nitrogens is 1. The number of rotatable bonds is 2. The van der Waals surface area contributed by atoms with Crippen LogP contribution in [0.4, 0.5) is 0 Å². The van der Waals surface area contributed by atoms with Gasteiger partial charge in [-0.15, -0.1) is 0 Å². The maximum atomic E-state index is 11.9. The number of amides is 1. The molecule has 0 aliphatic carbocycles. The first kappa shape index (κ1) is 12.5. The zero-order chi connectivity index (χ0) is 14.3. The first-order chi connectivity index (χ1) is 9.67. The summed E-state index contributed by atoms with van der Waals surface area (Å²) in [5, 5.41) is 7.59. The van der Waals surface area contributed by atoms with E-state index >= 15 is 0 Å². The highest BCUT2D eigenvalue weighted by atomic mass is 16.5. The lowest BCUT2D eigenvalue weighted by atomic mass is 9.97. The van der Waals surface area contributed by atoms with Crippen LogP contribution in [0, 0.1) is 0 Å². The van der Waals surface area contributed by atoms with Gasteiger partial charge in [-0.2, -0.15) is 5.10 Å². The number of carbonyl (C=O) groups excluding carboxylic acids is 1. The van der Waals surface area contributed by atoms with Crippen molar-refractivity contribution in [3.8, 4) is 5.75 Å². The smallest absolute Gasteiger partial charge is 0.268 e. The second kappa shape index (κ2) is 4.56. The first-order valence-electron chi connectivity index (χ1n) is 6.42. The van der Waals surface area contributed by atoms with Crippen molar-refractivity contribution in [2.24, 2.45) is 10.9 Å². The SMILES string of the molecule is COc1ccc2[nH]c3c(c2c1/C(C)=N\N)CCNC3=O. The van der Waals surface area contributed by atoms with Gasteiger partial charge < -0.3 is 20.9 Å². The molecule has 0 atom stereocenters. The molecule has 20 heavy (non-hydrogen) atoms. The van der Waals surface area contributed by atoms with Gasteiger partial charge in [0.25, 0.3) is 5.91 Å². The van der Waals surface area contributed by atoms with Gasteiger partial charge in [0.15, 0.2) is 0 Å². The number of benzene rings is 1. The van der Waals surface area contributed by atoms with E-state index in [2.05, 4.69) is 15.4 Å². The topological polar surface area (TPSA) is 92.5 Å². The van der Waals surface area contributed by atoms with Crippen molar-refractivity contribution in [3.05, 3.63) is 29.0 Å². The van der Waals surface area contributed by atoms with Gasteiger partial charge in [-0.25, -0.2) is 0 Å². The minimum atomic E-state index is -0.0743. The molecule has 1 aliphatic rings. The largest absolute Gasteiger partial charge is 0.496 e. The molecule has 1 aromatic carbocycles. The maximum absolute atomic E-state index is 11.9. The average molecular weight is 272 g/mol. The molecule has 6 heteroatoms. The van der Waals surface area contributed by atoms with Crippen LogP contribution in [-0.4, -0.2) is 30.3 Å². The summed E-state index contributed by atoms with van der Waals surface area (Å²) in [6.45, 7) is 2.47. The van der Waals surface area contributed by atoms with Crippen LogP contribution < -0.4 is 15.9 Å². The Morgan fingerprint density at radius 3 is 2.95 bits per heavy atom. The lowest BCUT2D eigenvalue weighted by molar-refractivity contribution is 0.0942. The zero-order valence-corrected chi connectivity index (χ0v) is 11.4. The fourth-order valence-corrected chi connectivity index (χ4v) is 2.76. The number of aromatic amines is 1. The highest BCUT2D eigenvalue weighted by Gasteiger charge is 2.25. The predicted molar refractivity (Wildman–Crippen MR) is 77.3 cm³/mol. The molecule has 2 aromatic rings. The van der Waals surface area contributed by atoms with Gasteiger partial charge in [0.05, 0.1) is 12.8 Å². The Bertz CT molecular complexity index is 730. The van der Waals surface area contributed by atoms with Gasteiger partial charge in [0.2, 0.25) is 0 Å². The highest BCUT2D eigenvalue weighted by Crippen LogP contribution is 2.34. The number of H-pyrrole nitrogens is 1. The van der Waals surface area contributed by atoms with Crippen LogP contribution in [0.5, 0.6) is 5.75 Å². The van der Waals surface area contributed by atoms with Crippen molar-refractivity contribution >= 4 is 22.5 Å². The van der Waals surface area contributed by atoms with Crippen LogP contribution in [0.3, 0.4) is 0 Å². The van der Waals surface area contributed by atoms with Crippen molar-refractivity contribution in [2.45, 2.75) is 13.3 Å². The molecule has 0 fully saturated rings. The monoisotopic (exact) mass is 272 g/mol. The lowest BCUT2D eigenvalue weighted by Crippen LogP contribution is -2.31. The normalized spacial score (nSPS) is 15.1. The van der Waals surface area contributed by atoms with Crippen molar-refractivity contribution < 1.29 is 9.53 Å². The standard InChI is InChI=1S/C14H16N4O2/c1-7(18-15)11-10(20-2)4-3-9-12(11)8-5-6-16-14(19)13(8)17-9/h3-4,17H,5-6,15H2,1-2H3,(H,16,19)/b18-7-. The van der Waals surface area contributed by atoms with Crippen molar-refractivity contribution in [2.75, 3.05) is 13.7 Å². The molecular weight excluding hydrogens is 256 g/mol. The van der Waals surface area contributed by atoms with Crippen LogP contribution in [0.15, 0.2) is 17.2 Å². The van der Waals surface area contributed by atoms with E-state index in [1.165, 1.54) is 0 Å². The molecular formula is C14H16N4O2. The Kier molecular flexibility index (Phi) is 2.85. The molecule has 2 heterocycles. The molecule has 1 aromatic heterocycles. The van der Waals surface area contributed by atoms with Crippen LogP contribution in [0.25, 0.3) is 10.9 Å². The molecule has 6 nitrogen and oxygen atoms in total. The summed E-state index contributed by atoms with van der Waals surface area (Å²) in [7, 11) is 1.61. The predicted octanol–water partition coefficient (Wildman–Crippen LogP) is 1.15. The summed E-state index contributed by atoms with van der Waals surface area (Å²) >= 11 is 0. The molecule has 0 radical (unpaired) electrons. The Labute approximate surface area is 116 Å². The molecule has 1 aliphatic heterocycles. The van der Waals surface area contributed by atoms with E-state index in [1.807, 2.05) is 19.1 Å². The summed E-state index contributed by atoms with van der Waals surface area (Å²) in [6.07, 6.45) is 0.777. The lowest BCUT2D eigenvalue weighted by Gasteiger charge is -2.14. The maximum Gasteiger partial charge on any atom is 0.268 e. The minimum absolute atomic E-state index is 0.0743. The quantitative estimate of drug-likeness (QED) is 0.435. The Balaban J connectivity index is 2.41. The van der Waals surface area contributed by atoms with E-state index in [1.54, 1.807) is 7.11 Å². The number of hydrogen-bond donors (Lipinski definition) is 3. The number of nitrogens with zero attached hydrogens (tertiary/aromatic N) is 1. The number of carbonyl (C=O) groups is 1. The Morgan fingerprint density at radius 1 is 1.45 bits per heavy atom. The molecule has 0 spiro atoms. The van der Waals surface area contributed by atoms with Gasteiger partial charge >= 0.3 is 0 Å². The zero-order valence-electron chi connectivity index (χ0n) is 11.4. The second-order valence-corrected chi connectivity index (χ2v) is 4.76. The number of nitrogens with one attached hydrogen (secondary N) is 2. The van der Waals surface area contributed by atoms with Crippen LogP contribution in [0.2, 0.25) is 0 Å². The number of hydrogen-bond acceptors (Lipinski definition) is 4. The van der Waals surface area contributed by atoms with Crippen LogP contribution in [0.1, 0.15) is 28.5 Å². The number of nitrogens with two attached hydrogens (primary N) is 1. The van der Waals surface area contributed by atoms with Crippen molar-refractivity contribution in [1.29, 1.82) is 0 Å². The van der Waals surface area contributed by atoms with E-state index in [-0.39, 0.29) is 5.91 Å². The van der Waals surface area contributed by atoms with Gasteiger partial charge in [0, 0.05) is 23.0 Å². The number of ether oxygens (including phenoxy) is 1. The number of methoxy groups -OCH3 is 1. The third kappa shape index (κ3) is 1.65. The highest BCUT2D eigenvalue weighted by molar-refractivity contribution is 6.15.